The van der Waals surface area contributed by atoms with Crippen LogP contribution in [0.15, 0.2) is 12.1 Å². The summed E-state index contributed by atoms with van der Waals surface area (Å²) in [5.74, 6) is 0.700. The lowest BCUT2D eigenvalue weighted by Crippen LogP contribution is -1.90. The molecule has 0 aromatic heterocycles. The van der Waals surface area contributed by atoms with Crippen molar-refractivity contribution in [3.8, 4) is 23.0 Å². The van der Waals surface area contributed by atoms with Crippen molar-refractivity contribution in [3.05, 3.63) is 12.1 Å². The lowest BCUT2D eigenvalue weighted by Gasteiger charge is -2.08. The highest BCUT2D eigenvalue weighted by atomic mass is 16.5. The molecular weight excluding hydrogens is 172 g/mol. The van der Waals surface area contributed by atoms with Gasteiger partial charge < -0.3 is 14.2 Å². The Morgan fingerprint density at radius 1 is 0.923 bits per heavy atom. The summed E-state index contributed by atoms with van der Waals surface area (Å²) in [5.41, 5.74) is 0. The van der Waals surface area contributed by atoms with E-state index in [1.54, 1.807) is 0 Å². The Kier molecular flexibility index (Phi) is 2.84. The van der Waals surface area contributed by atoms with Crippen LogP contribution < -0.4 is 14.2 Å². The average Bonchev–Trinajstić information content (AvgIpc) is 2.18. The zero-order valence-corrected chi connectivity index (χ0v) is 7.79. The fraction of sp³-hybridized carbons (Fsp3) is 0.333. The predicted octanol–water partition coefficient (Wildman–Crippen LogP) is 1.86. The van der Waals surface area contributed by atoms with Crippen molar-refractivity contribution in [1.29, 1.82) is 0 Å². The molecule has 4 heteroatoms. The molecule has 0 saturated heterocycles. The van der Waals surface area contributed by atoms with Crippen LogP contribution in [0.2, 0.25) is 0 Å². The van der Waals surface area contributed by atoms with E-state index in [2.05, 4.69) is 0 Å². The van der Waals surface area contributed by atoms with Crippen LogP contribution in [0.3, 0.4) is 0 Å². The molecule has 1 radical (unpaired) electrons. The third-order valence-corrected chi connectivity index (χ3v) is 1.67. The zero-order chi connectivity index (χ0) is 9.84. The topological polar surface area (TPSA) is 47.6 Å². The maximum Gasteiger partial charge on any atom is 0.262 e. The van der Waals surface area contributed by atoms with E-state index < -0.39 is 0 Å². The van der Waals surface area contributed by atoms with Gasteiger partial charge in [-0.2, -0.15) is 0 Å². The lowest BCUT2D eigenvalue weighted by molar-refractivity contribution is 0.285. The van der Waals surface area contributed by atoms with Crippen molar-refractivity contribution < 1.29 is 19.3 Å². The molecule has 0 fully saturated rings. The van der Waals surface area contributed by atoms with Crippen molar-refractivity contribution in [2.45, 2.75) is 0 Å². The molecule has 1 aromatic rings. The largest absolute Gasteiger partial charge is 0.496 e. The Balaban J connectivity index is 3.20. The Bertz CT molecular complexity index is 271. The van der Waals surface area contributed by atoms with Gasteiger partial charge in [0.05, 0.1) is 21.3 Å². The van der Waals surface area contributed by atoms with Crippen molar-refractivity contribution in [2.24, 2.45) is 0 Å². The number of benzene rings is 1. The second-order valence-corrected chi connectivity index (χ2v) is 2.36. The summed E-state index contributed by atoms with van der Waals surface area (Å²) in [6.07, 6.45) is 0. The quantitative estimate of drug-likeness (QED) is 0.718. The van der Waals surface area contributed by atoms with Gasteiger partial charge in [-0.3, -0.25) is 5.11 Å². The van der Waals surface area contributed by atoms with E-state index >= 15 is 0 Å². The predicted molar refractivity (Wildman–Crippen MR) is 46.2 cm³/mol. The van der Waals surface area contributed by atoms with Gasteiger partial charge in [0.15, 0.2) is 11.5 Å². The van der Waals surface area contributed by atoms with Crippen LogP contribution in [0.25, 0.3) is 0 Å². The summed E-state index contributed by atoms with van der Waals surface area (Å²) in [6.45, 7) is 0. The van der Waals surface area contributed by atoms with Crippen molar-refractivity contribution >= 4 is 0 Å². The molecule has 4 nitrogen and oxygen atoms in total. The van der Waals surface area contributed by atoms with Gasteiger partial charge >= 0.3 is 0 Å². The van der Waals surface area contributed by atoms with Crippen LogP contribution in [-0.2, 0) is 5.11 Å². The summed E-state index contributed by atoms with van der Waals surface area (Å²) in [4.78, 5) is 0. The zero-order valence-electron chi connectivity index (χ0n) is 7.79. The number of rotatable bonds is 3. The highest BCUT2D eigenvalue weighted by molar-refractivity contribution is 5.54. The lowest BCUT2D eigenvalue weighted by atomic mass is 10.2. The average molecular weight is 183 g/mol. The number of hydrogen-bond donors (Lipinski definition) is 0. The molecule has 71 valence electrons. The molecule has 1 aromatic carbocycles. The number of methoxy groups -OCH3 is 3. The van der Waals surface area contributed by atoms with Gasteiger partial charge in [-0.15, -0.1) is 0 Å². The molecule has 1 rings (SSSR count). The Morgan fingerprint density at radius 3 is 1.69 bits per heavy atom. The minimum absolute atomic E-state index is 0.219. The van der Waals surface area contributed by atoms with E-state index in [0.717, 1.165) is 0 Å². The van der Waals surface area contributed by atoms with E-state index in [1.807, 2.05) is 0 Å². The number of hydrogen-bond acceptors (Lipinski definition) is 3. The Morgan fingerprint density at radius 2 is 1.38 bits per heavy atom. The van der Waals surface area contributed by atoms with Crippen LogP contribution in [0.5, 0.6) is 23.0 Å². The second-order valence-electron chi connectivity index (χ2n) is 2.36. The first-order valence-corrected chi connectivity index (χ1v) is 3.70. The molecule has 0 N–H and O–H groups in total. The fourth-order valence-electron chi connectivity index (χ4n) is 0.974. The summed E-state index contributed by atoms with van der Waals surface area (Å²) >= 11 is 0. The summed E-state index contributed by atoms with van der Waals surface area (Å²) in [6, 6.07) is 3.04. The number of ether oxygens (including phenoxy) is 3. The summed E-state index contributed by atoms with van der Waals surface area (Å²) in [5, 5.41) is 11.4. The highest BCUT2D eigenvalue weighted by Gasteiger charge is 2.13. The van der Waals surface area contributed by atoms with Gasteiger partial charge in [0.25, 0.3) is 5.75 Å². The van der Waals surface area contributed by atoms with Gasteiger partial charge in [-0.05, 0) is 0 Å². The smallest absolute Gasteiger partial charge is 0.262 e. The van der Waals surface area contributed by atoms with Crippen molar-refractivity contribution in [1.82, 2.24) is 0 Å². The third kappa shape index (κ3) is 1.77. The Labute approximate surface area is 76.7 Å². The van der Waals surface area contributed by atoms with E-state index in [0.29, 0.717) is 5.75 Å². The monoisotopic (exact) mass is 183 g/mol. The Hall–Kier alpha value is -1.58. The molecular formula is C9H11O4. The molecule has 0 amide bonds. The fourth-order valence-corrected chi connectivity index (χ4v) is 0.974. The first-order valence-electron chi connectivity index (χ1n) is 3.70. The minimum Gasteiger partial charge on any atom is -0.496 e. The SMILES string of the molecule is COc1cc(OC)c([O])c(OC)c1. The molecule has 0 aliphatic carbocycles. The maximum absolute atomic E-state index is 11.4. The molecule has 0 saturated carbocycles. The third-order valence-electron chi connectivity index (χ3n) is 1.67. The van der Waals surface area contributed by atoms with Crippen molar-refractivity contribution in [3.63, 3.8) is 0 Å². The molecule has 0 spiro atoms. The molecule has 13 heavy (non-hydrogen) atoms. The van der Waals surface area contributed by atoms with Gasteiger partial charge in [-0.1, -0.05) is 0 Å². The standard InChI is InChI=1S/C9H11O4/c1-11-6-4-7(12-2)9(10)8(5-6)13-3/h4-5H,1-3H3. The maximum atomic E-state index is 11.4. The van der Waals surface area contributed by atoms with Crippen LogP contribution in [0, 0.1) is 0 Å². The van der Waals surface area contributed by atoms with E-state index in [1.165, 1.54) is 33.5 Å². The highest BCUT2D eigenvalue weighted by Crippen LogP contribution is 2.40. The van der Waals surface area contributed by atoms with Gasteiger partial charge in [0.2, 0.25) is 0 Å². The molecule has 0 unspecified atom stereocenters. The van der Waals surface area contributed by atoms with Crippen LogP contribution in [-0.4, -0.2) is 21.3 Å². The van der Waals surface area contributed by atoms with Gasteiger partial charge in [0, 0.05) is 12.1 Å². The normalized spacial score (nSPS) is 9.46. The van der Waals surface area contributed by atoms with E-state index in [4.69, 9.17) is 14.2 Å². The van der Waals surface area contributed by atoms with Gasteiger partial charge in [0.1, 0.15) is 5.75 Å². The molecule has 0 heterocycles. The van der Waals surface area contributed by atoms with Crippen LogP contribution in [0.1, 0.15) is 0 Å². The summed E-state index contributed by atoms with van der Waals surface area (Å²) in [7, 11) is 4.36. The first kappa shape index (κ1) is 9.51. The summed E-state index contributed by atoms with van der Waals surface area (Å²) < 4.78 is 14.7. The molecule has 0 atom stereocenters. The first-order chi connectivity index (χ1) is 6.22. The second kappa shape index (κ2) is 3.89. The van der Waals surface area contributed by atoms with E-state index in [9.17, 15) is 5.11 Å². The van der Waals surface area contributed by atoms with Crippen LogP contribution in [0.4, 0.5) is 0 Å². The molecule has 0 bridgehead atoms. The van der Waals surface area contributed by atoms with Gasteiger partial charge in [-0.25, -0.2) is 0 Å². The van der Waals surface area contributed by atoms with Crippen LogP contribution >= 0.6 is 0 Å². The minimum atomic E-state index is -0.272. The van der Waals surface area contributed by atoms with E-state index in [-0.39, 0.29) is 17.2 Å². The molecule has 0 aliphatic heterocycles. The van der Waals surface area contributed by atoms with Crippen molar-refractivity contribution in [2.75, 3.05) is 21.3 Å². The molecule has 0 aliphatic rings.